The Morgan fingerprint density at radius 3 is 2.62 bits per heavy atom. The maximum absolute atomic E-state index is 12.5. The van der Waals surface area contributed by atoms with Gasteiger partial charge in [-0.05, 0) is 19.1 Å². The minimum atomic E-state index is -0.145. The van der Waals surface area contributed by atoms with Gasteiger partial charge in [0, 0.05) is 37.6 Å². The number of amides is 1. The molecule has 0 spiro atoms. The van der Waals surface area contributed by atoms with Crippen LogP contribution in [0.5, 0.6) is 11.5 Å². The van der Waals surface area contributed by atoms with E-state index in [1.54, 1.807) is 22.9 Å². The molecule has 0 saturated heterocycles. The van der Waals surface area contributed by atoms with Gasteiger partial charge < -0.3 is 19.4 Å². The van der Waals surface area contributed by atoms with Crippen LogP contribution in [0.3, 0.4) is 0 Å². The molecule has 10 heteroatoms. The molecule has 5 rings (SSSR count). The molecule has 1 aliphatic rings. The van der Waals surface area contributed by atoms with Crippen molar-refractivity contribution in [2.75, 3.05) is 24.3 Å². The Morgan fingerprint density at radius 1 is 1.06 bits per heavy atom. The summed E-state index contributed by atoms with van der Waals surface area (Å²) in [6, 6.07) is 13.6. The van der Waals surface area contributed by atoms with Crippen molar-refractivity contribution in [2.45, 2.75) is 12.1 Å². The smallest absolute Gasteiger partial charge is 0.234 e. The summed E-state index contributed by atoms with van der Waals surface area (Å²) in [4.78, 5) is 12.5. The maximum atomic E-state index is 12.5. The van der Waals surface area contributed by atoms with Gasteiger partial charge in [-0.25, -0.2) is 0 Å². The molecule has 0 unspecified atom stereocenters. The Morgan fingerprint density at radius 2 is 1.82 bits per heavy atom. The zero-order valence-corrected chi connectivity index (χ0v) is 19.9. The lowest BCUT2D eigenvalue weighted by atomic mass is 10.1. The van der Waals surface area contributed by atoms with E-state index in [0.29, 0.717) is 41.4 Å². The summed E-state index contributed by atoms with van der Waals surface area (Å²) in [5, 5.41) is 16.9. The van der Waals surface area contributed by atoms with Crippen molar-refractivity contribution in [1.82, 2.24) is 24.5 Å². The molecular formula is C24H24N6O3S. The van der Waals surface area contributed by atoms with Gasteiger partial charge in [0.05, 0.1) is 11.3 Å². The van der Waals surface area contributed by atoms with E-state index in [4.69, 9.17) is 9.47 Å². The number of carbonyl (C=O) groups excluding carboxylic acids is 1. The third-order valence-corrected chi connectivity index (χ3v) is 6.41. The highest BCUT2D eigenvalue weighted by molar-refractivity contribution is 7.99. The van der Waals surface area contributed by atoms with Gasteiger partial charge in [-0.15, -0.1) is 10.2 Å². The van der Waals surface area contributed by atoms with Gasteiger partial charge in [0.1, 0.15) is 18.9 Å². The molecule has 0 radical (unpaired) electrons. The Labute approximate surface area is 201 Å². The van der Waals surface area contributed by atoms with Crippen LogP contribution < -0.4 is 14.8 Å². The highest BCUT2D eigenvalue weighted by atomic mass is 32.2. The molecule has 0 atom stereocenters. The quantitative estimate of drug-likeness (QED) is 0.424. The van der Waals surface area contributed by atoms with Gasteiger partial charge in [0.15, 0.2) is 22.5 Å². The minimum Gasteiger partial charge on any atom is -0.486 e. The highest BCUT2D eigenvalue weighted by Crippen LogP contribution is 2.33. The molecule has 34 heavy (non-hydrogen) atoms. The first-order valence-corrected chi connectivity index (χ1v) is 11.8. The summed E-state index contributed by atoms with van der Waals surface area (Å²) in [5.41, 5.74) is 4.58. The molecule has 0 saturated carbocycles. The van der Waals surface area contributed by atoms with Crippen LogP contribution in [0, 0.1) is 6.92 Å². The SMILES string of the molecule is Cc1ccc(-c2nn(C)cc2-c2nnc(SCC(=O)Nc3ccc4c(c3)OCCO4)n2C)cc1. The van der Waals surface area contributed by atoms with Gasteiger partial charge in [-0.3, -0.25) is 9.48 Å². The number of benzene rings is 2. The van der Waals surface area contributed by atoms with Crippen molar-refractivity contribution in [2.24, 2.45) is 14.1 Å². The second kappa shape index (κ2) is 9.22. The van der Waals surface area contributed by atoms with Crippen molar-refractivity contribution < 1.29 is 14.3 Å². The number of rotatable bonds is 6. The molecule has 2 aromatic heterocycles. The Hall–Kier alpha value is -3.79. The lowest BCUT2D eigenvalue weighted by Gasteiger charge is -2.18. The molecule has 9 nitrogen and oxygen atoms in total. The first-order valence-electron chi connectivity index (χ1n) is 10.8. The summed E-state index contributed by atoms with van der Waals surface area (Å²) in [7, 11) is 3.78. The number of nitrogens with one attached hydrogen (secondary N) is 1. The molecule has 1 N–H and O–H groups in total. The van der Waals surface area contributed by atoms with Gasteiger partial charge in [0.25, 0.3) is 0 Å². The monoisotopic (exact) mass is 476 g/mol. The molecule has 1 amide bonds. The van der Waals surface area contributed by atoms with Crippen LogP contribution in [-0.2, 0) is 18.9 Å². The standard InChI is InChI=1S/C24H24N6O3S/c1-15-4-6-16(7-5-15)22-18(13-29(2)28-22)23-26-27-24(30(23)3)34-14-21(31)25-17-8-9-19-20(12-17)33-11-10-32-19/h4-9,12-13H,10-11,14H2,1-3H3,(H,25,31). The number of hydrogen-bond donors (Lipinski definition) is 1. The Balaban J connectivity index is 1.29. The van der Waals surface area contributed by atoms with E-state index in [-0.39, 0.29) is 11.7 Å². The van der Waals surface area contributed by atoms with E-state index in [1.807, 2.05) is 24.9 Å². The lowest BCUT2D eigenvalue weighted by molar-refractivity contribution is -0.113. The van der Waals surface area contributed by atoms with Crippen LogP contribution in [-0.4, -0.2) is 49.4 Å². The van der Waals surface area contributed by atoms with Crippen LogP contribution in [0.25, 0.3) is 22.6 Å². The maximum Gasteiger partial charge on any atom is 0.234 e. The number of hydrogen-bond acceptors (Lipinski definition) is 7. The fraction of sp³-hybridized carbons (Fsp3) is 0.250. The molecule has 1 aliphatic heterocycles. The van der Waals surface area contributed by atoms with Crippen LogP contribution in [0.2, 0.25) is 0 Å². The van der Waals surface area contributed by atoms with E-state index in [0.717, 1.165) is 16.8 Å². The molecule has 174 valence electrons. The first-order chi connectivity index (χ1) is 16.5. The molecule has 0 fully saturated rings. The molecule has 2 aromatic carbocycles. The Bertz CT molecular complexity index is 1350. The van der Waals surface area contributed by atoms with Crippen molar-refractivity contribution in [3.8, 4) is 34.1 Å². The predicted octanol–water partition coefficient (Wildman–Crippen LogP) is 3.69. The third-order valence-electron chi connectivity index (χ3n) is 5.39. The summed E-state index contributed by atoms with van der Waals surface area (Å²) >= 11 is 1.32. The molecular weight excluding hydrogens is 452 g/mol. The van der Waals surface area contributed by atoms with Crippen molar-refractivity contribution >= 4 is 23.4 Å². The van der Waals surface area contributed by atoms with Crippen LogP contribution >= 0.6 is 11.8 Å². The van der Waals surface area contributed by atoms with E-state index in [9.17, 15) is 4.79 Å². The van der Waals surface area contributed by atoms with Crippen molar-refractivity contribution in [3.05, 3.63) is 54.2 Å². The summed E-state index contributed by atoms with van der Waals surface area (Å²) in [6.07, 6.45) is 1.93. The van der Waals surface area contributed by atoms with Gasteiger partial charge in [-0.1, -0.05) is 41.6 Å². The van der Waals surface area contributed by atoms with Gasteiger partial charge >= 0.3 is 0 Å². The largest absolute Gasteiger partial charge is 0.486 e. The number of thioether (sulfide) groups is 1. The van der Waals surface area contributed by atoms with E-state index in [2.05, 4.69) is 51.8 Å². The average Bonchev–Trinajstić information content (AvgIpc) is 3.40. The van der Waals surface area contributed by atoms with Crippen LogP contribution in [0.4, 0.5) is 5.69 Å². The fourth-order valence-corrected chi connectivity index (χ4v) is 4.41. The summed E-state index contributed by atoms with van der Waals surface area (Å²) in [6.45, 7) is 3.08. The second-order valence-electron chi connectivity index (χ2n) is 7.99. The zero-order valence-electron chi connectivity index (χ0n) is 19.1. The predicted molar refractivity (Wildman–Crippen MR) is 130 cm³/mol. The second-order valence-corrected chi connectivity index (χ2v) is 8.93. The lowest BCUT2D eigenvalue weighted by Crippen LogP contribution is -2.17. The number of anilines is 1. The highest BCUT2D eigenvalue weighted by Gasteiger charge is 2.20. The topological polar surface area (TPSA) is 96.1 Å². The van der Waals surface area contributed by atoms with Gasteiger partial charge in [0.2, 0.25) is 5.91 Å². The van der Waals surface area contributed by atoms with E-state index < -0.39 is 0 Å². The van der Waals surface area contributed by atoms with E-state index >= 15 is 0 Å². The van der Waals surface area contributed by atoms with E-state index in [1.165, 1.54) is 17.3 Å². The normalized spacial score (nSPS) is 12.6. The number of carbonyl (C=O) groups is 1. The van der Waals surface area contributed by atoms with Gasteiger partial charge in [-0.2, -0.15) is 5.10 Å². The van der Waals surface area contributed by atoms with Crippen molar-refractivity contribution in [3.63, 3.8) is 0 Å². The molecule has 3 heterocycles. The van der Waals surface area contributed by atoms with Crippen LogP contribution in [0.15, 0.2) is 53.8 Å². The minimum absolute atomic E-state index is 0.145. The summed E-state index contributed by atoms with van der Waals surface area (Å²) in [5.74, 6) is 2.06. The number of nitrogens with zero attached hydrogens (tertiary/aromatic N) is 5. The first kappa shape index (κ1) is 22.0. The molecule has 0 aliphatic carbocycles. The third kappa shape index (κ3) is 4.49. The average molecular weight is 477 g/mol. The summed E-state index contributed by atoms with van der Waals surface area (Å²) < 4.78 is 14.7. The van der Waals surface area contributed by atoms with Crippen molar-refractivity contribution in [1.29, 1.82) is 0 Å². The number of aryl methyl sites for hydroxylation is 2. The molecule has 0 bridgehead atoms. The zero-order chi connectivity index (χ0) is 23.7. The number of aromatic nitrogens is 5. The fourth-order valence-electron chi connectivity index (χ4n) is 3.70. The van der Waals surface area contributed by atoms with Crippen LogP contribution in [0.1, 0.15) is 5.56 Å². The Kier molecular flexibility index (Phi) is 5.97. The molecule has 4 aromatic rings. The number of ether oxygens (including phenoxy) is 2. The number of fused-ring (bicyclic) bond motifs is 1.